The number of aliphatic hydroxyl groups excluding tert-OH is 1. The van der Waals surface area contributed by atoms with Crippen LogP contribution in [0.25, 0.3) is 0 Å². The van der Waals surface area contributed by atoms with Crippen LogP contribution < -0.4 is 5.32 Å². The lowest BCUT2D eigenvalue weighted by Gasteiger charge is -2.20. The summed E-state index contributed by atoms with van der Waals surface area (Å²) in [6.45, 7) is 0.626. The van der Waals surface area contributed by atoms with Crippen LogP contribution in [0.1, 0.15) is 32.1 Å². The highest BCUT2D eigenvalue weighted by Gasteiger charge is 2.49. The molecule has 100 valence electrons. The number of hydrogen-bond acceptors (Lipinski definition) is 4. The highest BCUT2D eigenvalue weighted by molar-refractivity contribution is 6.05. The van der Waals surface area contributed by atoms with Crippen molar-refractivity contribution < 1.29 is 14.7 Å². The Labute approximate surface area is 107 Å². The number of β-amino-alcohol motifs (C(OH)–C–C–N with tert-alkyl or cyclic N) is 1. The first-order valence-corrected chi connectivity index (χ1v) is 6.93. The maximum absolute atomic E-state index is 12.1. The number of hydrogen-bond donors (Lipinski definition) is 2. The van der Waals surface area contributed by atoms with Crippen molar-refractivity contribution in [2.45, 2.75) is 44.2 Å². The van der Waals surface area contributed by atoms with Crippen LogP contribution in [0.4, 0.5) is 0 Å². The number of likely N-dealkylation sites (tertiary alicyclic amines) is 1. The van der Waals surface area contributed by atoms with E-state index in [1.165, 1.54) is 17.7 Å². The Morgan fingerprint density at radius 3 is 2.33 bits per heavy atom. The molecule has 0 aromatic rings. The van der Waals surface area contributed by atoms with E-state index in [1.807, 2.05) is 0 Å². The fraction of sp³-hybridized carbons (Fsp3) is 0.846. The normalized spacial score (nSPS) is 33.1. The molecule has 3 fully saturated rings. The van der Waals surface area contributed by atoms with E-state index in [1.54, 1.807) is 0 Å². The number of nitrogens with one attached hydrogen (secondary N) is 1. The summed E-state index contributed by atoms with van der Waals surface area (Å²) < 4.78 is 0. The highest BCUT2D eigenvalue weighted by atomic mass is 16.3. The molecule has 1 aliphatic heterocycles. The van der Waals surface area contributed by atoms with Gasteiger partial charge in [0, 0.05) is 12.6 Å². The standard InChI is InChI=1S/C13H20N2O3/c16-9(6-14-8-4-5-8)7-15-12(17)10-2-1-3-11(10)13(15)18/h8-11,14,16H,1-7H2. The van der Waals surface area contributed by atoms with Crippen molar-refractivity contribution >= 4 is 11.8 Å². The van der Waals surface area contributed by atoms with Crippen LogP contribution >= 0.6 is 0 Å². The molecule has 3 aliphatic rings. The molecule has 2 saturated carbocycles. The minimum Gasteiger partial charge on any atom is -0.390 e. The Morgan fingerprint density at radius 1 is 1.17 bits per heavy atom. The number of aliphatic hydroxyl groups is 1. The van der Waals surface area contributed by atoms with Crippen LogP contribution in [0.5, 0.6) is 0 Å². The summed E-state index contributed by atoms with van der Waals surface area (Å²) in [6, 6.07) is 0.531. The minimum atomic E-state index is -0.641. The predicted molar refractivity (Wildman–Crippen MR) is 64.6 cm³/mol. The van der Waals surface area contributed by atoms with E-state index >= 15 is 0 Å². The van der Waals surface area contributed by atoms with Crippen molar-refractivity contribution in [1.29, 1.82) is 0 Å². The van der Waals surface area contributed by atoms with E-state index in [9.17, 15) is 14.7 Å². The number of carbonyl (C=O) groups is 2. The molecule has 0 radical (unpaired) electrons. The molecule has 1 heterocycles. The molecule has 0 aromatic heterocycles. The molecule has 5 nitrogen and oxygen atoms in total. The molecule has 5 heteroatoms. The molecule has 2 N–H and O–H groups in total. The number of rotatable bonds is 5. The van der Waals surface area contributed by atoms with Gasteiger partial charge in [-0.2, -0.15) is 0 Å². The largest absolute Gasteiger partial charge is 0.390 e. The predicted octanol–water partition coefficient (Wildman–Crippen LogP) is -0.116. The third kappa shape index (κ3) is 2.17. The molecule has 18 heavy (non-hydrogen) atoms. The van der Waals surface area contributed by atoms with Gasteiger partial charge in [0.05, 0.1) is 24.5 Å². The van der Waals surface area contributed by atoms with Crippen molar-refractivity contribution in [3.8, 4) is 0 Å². The van der Waals surface area contributed by atoms with Crippen molar-refractivity contribution in [2.24, 2.45) is 11.8 Å². The Hall–Kier alpha value is -0.940. The summed E-state index contributed by atoms with van der Waals surface area (Å²) in [6.07, 6.45) is 4.34. The molecule has 0 aromatic carbocycles. The van der Waals surface area contributed by atoms with Gasteiger partial charge in [-0.05, 0) is 25.7 Å². The molecule has 0 spiro atoms. The van der Waals surface area contributed by atoms with Crippen molar-refractivity contribution in [3.05, 3.63) is 0 Å². The van der Waals surface area contributed by atoms with E-state index in [2.05, 4.69) is 5.32 Å². The van der Waals surface area contributed by atoms with Crippen LogP contribution in [-0.4, -0.2) is 47.1 Å². The van der Waals surface area contributed by atoms with Crippen LogP contribution in [0, 0.1) is 11.8 Å². The summed E-state index contributed by atoms with van der Waals surface area (Å²) >= 11 is 0. The molecule has 3 rings (SSSR count). The van der Waals surface area contributed by atoms with E-state index in [0.717, 1.165) is 19.3 Å². The van der Waals surface area contributed by atoms with Gasteiger partial charge in [-0.1, -0.05) is 6.42 Å². The first-order valence-electron chi connectivity index (χ1n) is 6.93. The zero-order valence-corrected chi connectivity index (χ0v) is 10.5. The van der Waals surface area contributed by atoms with Crippen LogP contribution in [0.2, 0.25) is 0 Å². The Morgan fingerprint density at radius 2 is 1.78 bits per heavy atom. The third-order valence-corrected chi connectivity index (χ3v) is 4.30. The number of carbonyl (C=O) groups excluding carboxylic acids is 2. The van der Waals surface area contributed by atoms with Gasteiger partial charge in [-0.15, -0.1) is 0 Å². The van der Waals surface area contributed by atoms with Gasteiger partial charge in [0.25, 0.3) is 0 Å². The Balaban J connectivity index is 1.55. The lowest BCUT2D eigenvalue weighted by Crippen LogP contribution is -2.42. The molecular weight excluding hydrogens is 232 g/mol. The summed E-state index contributed by atoms with van der Waals surface area (Å²) in [4.78, 5) is 25.4. The van der Waals surface area contributed by atoms with Crippen molar-refractivity contribution in [3.63, 3.8) is 0 Å². The summed E-state index contributed by atoms with van der Waals surface area (Å²) in [5.74, 6) is -0.317. The fourth-order valence-corrected chi connectivity index (χ4v) is 3.11. The second-order valence-corrected chi connectivity index (χ2v) is 5.77. The molecular formula is C13H20N2O3. The topological polar surface area (TPSA) is 69.6 Å². The van der Waals surface area contributed by atoms with E-state index < -0.39 is 6.10 Å². The minimum absolute atomic E-state index is 0.0621. The smallest absolute Gasteiger partial charge is 0.233 e. The van der Waals surface area contributed by atoms with Gasteiger partial charge in [-0.3, -0.25) is 14.5 Å². The maximum atomic E-state index is 12.1. The zero-order chi connectivity index (χ0) is 12.7. The summed E-state index contributed by atoms with van der Waals surface area (Å²) in [7, 11) is 0. The number of nitrogens with zero attached hydrogens (tertiary/aromatic N) is 1. The highest BCUT2D eigenvalue weighted by Crippen LogP contribution is 2.39. The van der Waals surface area contributed by atoms with Gasteiger partial charge in [0.2, 0.25) is 11.8 Å². The van der Waals surface area contributed by atoms with Gasteiger partial charge in [-0.25, -0.2) is 0 Å². The number of imide groups is 1. The average Bonchev–Trinajstić information content (AvgIpc) is 3.01. The first-order chi connectivity index (χ1) is 8.66. The van der Waals surface area contributed by atoms with E-state index in [-0.39, 0.29) is 30.2 Å². The van der Waals surface area contributed by atoms with Crippen molar-refractivity contribution in [2.75, 3.05) is 13.1 Å². The summed E-state index contributed by atoms with van der Waals surface area (Å²) in [5.41, 5.74) is 0. The lowest BCUT2D eigenvalue weighted by molar-refractivity contribution is -0.141. The van der Waals surface area contributed by atoms with Crippen molar-refractivity contribution in [1.82, 2.24) is 10.2 Å². The number of amides is 2. The molecule has 3 unspecified atom stereocenters. The Bertz CT molecular complexity index is 345. The quantitative estimate of drug-likeness (QED) is 0.670. The van der Waals surface area contributed by atoms with Gasteiger partial charge in [0.15, 0.2) is 0 Å². The first kappa shape index (κ1) is 12.1. The number of fused-ring (bicyclic) bond motifs is 1. The second-order valence-electron chi connectivity index (χ2n) is 5.77. The molecule has 2 amide bonds. The molecule has 0 bridgehead atoms. The Kier molecular flexibility index (Phi) is 3.11. The monoisotopic (exact) mass is 252 g/mol. The zero-order valence-electron chi connectivity index (χ0n) is 10.5. The molecule has 1 saturated heterocycles. The third-order valence-electron chi connectivity index (χ3n) is 4.30. The molecule has 2 aliphatic carbocycles. The van der Waals surface area contributed by atoms with Gasteiger partial charge >= 0.3 is 0 Å². The second kappa shape index (κ2) is 4.63. The lowest BCUT2D eigenvalue weighted by atomic mass is 10.00. The van der Waals surface area contributed by atoms with Gasteiger partial charge < -0.3 is 10.4 Å². The van der Waals surface area contributed by atoms with Crippen LogP contribution in [0.15, 0.2) is 0 Å². The maximum Gasteiger partial charge on any atom is 0.233 e. The summed E-state index contributed by atoms with van der Waals surface area (Å²) in [5, 5.41) is 13.1. The van der Waals surface area contributed by atoms with Gasteiger partial charge in [0.1, 0.15) is 0 Å². The van der Waals surface area contributed by atoms with Crippen LogP contribution in [0.3, 0.4) is 0 Å². The fourth-order valence-electron chi connectivity index (χ4n) is 3.11. The van der Waals surface area contributed by atoms with E-state index in [0.29, 0.717) is 12.6 Å². The SMILES string of the molecule is O=C1C2CCCC2C(=O)N1CC(O)CNC1CC1. The molecule has 3 atom stereocenters. The van der Waals surface area contributed by atoms with E-state index in [4.69, 9.17) is 0 Å². The average molecular weight is 252 g/mol. The van der Waals surface area contributed by atoms with Crippen LogP contribution in [-0.2, 0) is 9.59 Å².